The van der Waals surface area contributed by atoms with Crippen LogP contribution in [0.1, 0.15) is 13.8 Å². The van der Waals surface area contributed by atoms with Crippen LogP contribution in [0.2, 0.25) is 0 Å². The largest absolute Gasteiger partial charge is 0.473 e. The molecule has 0 saturated heterocycles. The van der Waals surface area contributed by atoms with Crippen LogP contribution in [-0.4, -0.2) is 6.73 Å². The van der Waals surface area contributed by atoms with Gasteiger partial charge in [0.15, 0.2) is 6.73 Å². The molecule has 0 aromatic rings. The summed E-state index contributed by atoms with van der Waals surface area (Å²) in [6.07, 6.45) is 3.36. The van der Waals surface area contributed by atoms with Crippen LogP contribution in [-0.2, 0) is 4.74 Å². The molecule has 0 spiro atoms. The maximum atomic E-state index is 5.22. The van der Waals surface area contributed by atoms with Crippen LogP contribution in [0.3, 0.4) is 0 Å². The molecule has 0 aromatic heterocycles. The summed E-state index contributed by atoms with van der Waals surface area (Å²) in [6.45, 7) is 15.5. The molecule has 1 heterocycles. The molecule has 0 saturated carbocycles. The van der Waals surface area contributed by atoms with Crippen molar-refractivity contribution >= 4 is 0 Å². The van der Waals surface area contributed by atoms with E-state index >= 15 is 0 Å². The van der Waals surface area contributed by atoms with Crippen molar-refractivity contribution in [2.24, 2.45) is 0 Å². The highest BCUT2D eigenvalue weighted by Gasteiger charge is 2.10. The van der Waals surface area contributed by atoms with Crippen molar-refractivity contribution in [2.45, 2.75) is 13.8 Å². The van der Waals surface area contributed by atoms with E-state index < -0.39 is 0 Å². The fourth-order valence-corrected chi connectivity index (χ4v) is 0.915. The SMILES string of the molecule is C=CC1=C(C=C)C(=C)NCO1.CC. The van der Waals surface area contributed by atoms with Crippen LogP contribution in [0.5, 0.6) is 0 Å². The zero-order valence-electron chi connectivity index (χ0n) is 8.39. The Morgan fingerprint density at radius 3 is 2.31 bits per heavy atom. The molecule has 72 valence electrons. The van der Waals surface area contributed by atoms with Crippen molar-refractivity contribution in [1.29, 1.82) is 0 Å². The Balaban J connectivity index is 0.000000671. The van der Waals surface area contributed by atoms with Gasteiger partial charge < -0.3 is 10.1 Å². The highest BCUT2D eigenvalue weighted by atomic mass is 16.5. The van der Waals surface area contributed by atoms with E-state index in [4.69, 9.17) is 4.74 Å². The molecule has 2 heteroatoms. The normalized spacial score (nSPS) is 14.8. The maximum Gasteiger partial charge on any atom is 0.159 e. The van der Waals surface area contributed by atoms with E-state index in [0.29, 0.717) is 6.73 Å². The fraction of sp³-hybridized carbons (Fsp3) is 0.273. The van der Waals surface area contributed by atoms with Crippen molar-refractivity contribution < 1.29 is 4.74 Å². The first-order chi connectivity index (χ1) is 6.29. The summed E-state index contributed by atoms with van der Waals surface area (Å²) in [5.41, 5.74) is 1.72. The van der Waals surface area contributed by atoms with Crippen LogP contribution < -0.4 is 5.32 Å². The van der Waals surface area contributed by atoms with Crippen LogP contribution in [0, 0.1) is 0 Å². The second-order valence-electron chi connectivity index (χ2n) is 2.13. The summed E-state index contributed by atoms with van der Waals surface area (Å²) < 4.78 is 5.22. The van der Waals surface area contributed by atoms with Gasteiger partial charge in [0.05, 0.1) is 0 Å². The van der Waals surface area contributed by atoms with E-state index in [0.717, 1.165) is 17.0 Å². The first kappa shape index (κ1) is 11.6. The van der Waals surface area contributed by atoms with Crippen molar-refractivity contribution in [3.05, 3.63) is 48.9 Å². The Hall–Kier alpha value is -1.44. The first-order valence-corrected chi connectivity index (χ1v) is 4.34. The summed E-state index contributed by atoms with van der Waals surface area (Å²) in [5.74, 6) is 0.740. The fourth-order valence-electron chi connectivity index (χ4n) is 0.915. The summed E-state index contributed by atoms with van der Waals surface area (Å²) in [7, 11) is 0. The average molecular weight is 179 g/mol. The third-order valence-corrected chi connectivity index (χ3v) is 1.49. The van der Waals surface area contributed by atoms with E-state index in [9.17, 15) is 0 Å². The molecule has 0 aromatic carbocycles. The Morgan fingerprint density at radius 1 is 1.31 bits per heavy atom. The molecule has 1 N–H and O–H groups in total. The van der Waals surface area contributed by atoms with Crippen molar-refractivity contribution in [1.82, 2.24) is 5.32 Å². The molecule has 1 aliphatic rings. The lowest BCUT2D eigenvalue weighted by atomic mass is 10.1. The van der Waals surface area contributed by atoms with Gasteiger partial charge in [-0.3, -0.25) is 0 Å². The minimum atomic E-state index is 0.456. The van der Waals surface area contributed by atoms with E-state index in [-0.39, 0.29) is 0 Å². The monoisotopic (exact) mass is 179 g/mol. The molecular weight excluding hydrogens is 162 g/mol. The quantitative estimate of drug-likeness (QED) is 0.703. The minimum Gasteiger partial charge on any atom is -0.473 e. The number of nitrogens with one attached hydrogen (secondary N) is 1. The topological polar surface area (TPSA) is 21.3 Å². The predicted molar refractivity (Wildman–Crippen MR) is 57.0 cm³/mol. The first-order valence-electron chi connectivity index (χ1n) is 4.34. The lowest BCUT2D eigenvalue weighted by molar-refractivity contribution is 0.196. The summed E-state index contributed by atoms with van der Waals surface area (Å²) in [6, 6.07) is 0. The van der Waals surface area contributed by atoms with Crippen LogP contribution in [0.25, 0.3) is 0 Å². The molecule has 0 amide bonds. The van der Waals surface area contributed by atoms with Gasteiger partial charge in [-0.25, -0.2) is 0 Å². The molecule has 0 atom stereocenters. The van der Waals surface area contributed by atoms with Crippen LogP contribution >= 0.6 is 0 Å². The summed E-state index contributed by atoms with van der Waals surface area (Å²) in [4.78, 5) is 0. The molecule has 13 heavy (non-hydrogen) atoms. The second-order valence-corrected chi connectivity index (χ2v) is 2.13. The average Bonchev–Trinajstić information content (AvgIpc) is 2.20. The third kappa shape index (κ3) is 2.82. The summed E-state index contributed by atoms with van der Waals surface area (Å²) >= 11 is 0. The molecule has 2 nitrogen and oxygen atoms in total. The molecule has 0 radical (unpaired) electrons. The molecule has 0 fully saturated rings. The lowest BCUT2D eigenvalue weighted by Gasteiger charge is -2.20. The number of rotatable bonds is 2. The minimum absolute atomic E-state index is 0.456. The lowest BCUT2D eigenvalue weighted by Crippen LogP contribution is -2.23. The van der Waals surface area contributed by atoms with Crippen molar-refractivity contribution in [2.75, 3.05) is 6.73 Å². The van der Waals surface area contributed by atoms with Crippen molar-refractivity contribution in [3.8, 4) is 0 Å². The van der Waals surface area contributed by atoms with Gasteiger partial charge in [-0.15, -0.1) is 0 Å². The Labute approximate surface area is 80.3 Å². The van der Waals surface area contributed by atoms with E-state index in [1.807, 2.05) is 13.8 Å². The molecular formula is C11H17NO. The predicted octanol–water partition coefficient (Wildman–Crippen LogP) is 2.73. The Bertz CT molecular complexity index is 238. The molecule has 0 bridgehead atoms. The van der Waals surface area contributed by atoms with Gasteiger partial charge in [0.25, 0.3) is 0 Å². The van der Waals surface area contributed by atoms with Gasteiger partial charge in [0.2, 0.25) is 0 Å². The number of hydrogen-bond acceptors (Lipinski definition) is 2. The van der Waals surface area contributed by atoms with Gasteiger partial charge in [-0.2, -0.15) is 0 Å². The van der Waals surface area contributed by atoms with Gasteiger partial charge in [0.1, 0.15) is 5.76 Å². The molecule has 0 aliphatic carbocycles. The highest BCUT2D eigenvalue weighted by molar-refractivity contribution is 5.42. The standard InChI is InChI=1S/C9H11NO.C2H6/c1-4-8-7(3)10-6-11-9(8)5-2;1-2/h4-5,10H,1-3,6H2;1-2H3. The van der Waals surface area contributed by atoms with Gasteiger partial charge in [0, 0.05) is 11.3 Å². The van der Waals surface area contributed by atoms with Gasteiger partial charge >= 0.3 is 0 Å². The van der Waals surface area contributed by atoms with Gasteiger partial charge in [-0.1, -0.05) is 39.7 Å². The van der Waals surface area contributed by atoms with Crippen LogP contribution in [0.15, 0.2) is 48.9 Å². The smallest absolute Gasteiger partial charge is 0.159 e. The van der Waals surface area contributed by atoms with Gasteiger partial charge in [-0.05, 0) is 6.08 Å². The molecule has 0 unspecified atom stereocenters. The molecule has 1 aliphatic heterocycles. The Kier molecular flexibility index (Phi) is 5.44. The van der Waals surface area contributed by atoms with E-state index in [1.165, 1.54) is 0 Å². The third-order valence-electron chi connectivity index (χ3n) is 1.49. The zero-order chi connectivity index (χ0) is 10.3. The maximum absolute atomic E-state index is 5.22. The number of allylic oxidation sites excluding steroid dienone is 2. The molecule has 1 rings (SSSR count). The van der Waals surface area contributed by atoms with Crippen molar-refractivity contribution in [3.63, 3.8) is 0 Å². The Morgan fingerprint density at radius 2 is 1.92 bits per heavy atom. The second kappa shape index (κ2) is 6.12. The highest BCUT2D eigenvalue weighted by Crippen LogP contribution is 2.17. The van der Waals surface area contributed by atoms with E-state index in [1.54, 1.807) is 12.2 Å². The zero-order valence-corrected chi connectivity index (χ0v) is 8.39. The number of ether oxygens (including phenoxy) is 1. The van der Waals surface area contributed by atoms with Crippen LogP contribution in [0.4, 0.5) is 0 Å². The summed E-state index contributed by atoms with van der Waals surface area (Å²) in [5, 5.41) is 2.95. The number of hydrogen-bond donors (Lipinski definition) is 1. The van der Waals surface area contributed by atoms with E-state index in [2.05, 4.69) is 25.1 Å².